The minimum Gasteiger partial charge on any atom is -0.348 e. The Balaban J connectivity index is 1.36. The summed E-state index contributed by atoms with van der Waals surface area (Å²) in [6.07, 6.45) is 1.00. The van der Waals surface area contributed by atoms with Crippen LogP contribution >= 0.6 is 11.3 Å². The molecule has 2 aromatic carbocycles. The van der Waals surface area contributed by atoms with Crippen LogP contribution in [0, 0.1) is 0 Å². The third-order valence-corrected chi connectivity index (χ3v) is 5.24. The van der Waals surface area contributed by atoms with Gasteiger partial charge < -0.3 is 5.32 Å². The number of rotatable bonds is 4. The fourth-order valence-electron chi connectivity index (χ4n) is 3.20. The van der Waals surface area contributed by atoms with E-state index in [0.717, 1.165) is 36.3 Å². The van der Waals surface area contributed by atoms with E-state index in [-0.39, 0.29) is 11.9 Å². The molecule has 1 saturated heterocycles. The number of nitrogens with one attached hydrogen (secondary N) is 1. The molecular formula is C19H19N3OS. The first-order chi connectivity index (χ1) is 11.8. The fourth-order valence-corrected chi connectivity index (χ4v) is 3.92. The van der Waals surface area contributed by atoms with Crippen molar-refractivity contribution >= 4 is 27.5 Å². The van der Waals surface area contributed by atoms with Crippen LogP contribution < -0.4 is 5.32 Å². The molecule has 0 saturated carbocycles. The number of aromatic nitrogens is 1. The van der Waals surface area contributed by atoms with E-state index in [4.69, 9.17) is 0 Å². The monoisotopic (exact) mass is 337 g/mol. The molecule has 122 valence electrons. The quantitative estimate of drug-likeness (QED) is 0.794. The highest BCUT2D eigenvalue weighted by Gasteiger charge is 2.24. The number of nitrogens with zero attached hydrogens (tertiary/aromatic N) is 2. The van der Waals surface area contributed by atoms with Crippen molar-refractivity contribution in [2.45, 2.75) is 19.0 Å². The molecule has 1 aliphatic heterocycles. The van der Waals surface area contributed by atoms with Gasteiger partial charge >= 0.3 is 0 Å². The molecule has 5 heteroatoms. The average Bonchev–Trinajstić information content (AvgIpc) is 3.24. The summed E-state index contributed by atoms with van der Waals surface area (Å²) >= 11 is 1.56. The second kappa shape index (κ2) is 6.71. The number of likely N-dealkylation sites (tertiary alicyclic amines) is 1. The Morgan fingerprint density at radius 2 is 2.12 bits per heavy atom. The molecule has 1 aliphatic rings. The summed E-state index contributed by atoms with van der Waals surface area (Å²) in [5.74, 6) is 0.0110. The van der Waals surface area contributed by atoms with Crippen molar-refractivity contribution in [1.82, 2.24) is 15.2 Å². The van der Waals surface area contributed by atoms with Crippen LogP contribution in [0.5, 0.6) is 0 Å². The summed E-state index contributed by atoms with van der Waals surface area (Å²) in [6.45, 7) is 2.87. The van der Waals surface area contributed by atoms with Crippen LogP contribution in [0.4, 0.5) is 0 Å². The van der Waals surface area contributed by atoms with Crippen LogP contribution in [0.3, 0.4) is 0 Å². The third-order valence-electron chi connectivity index (χ3n) is 4.45. The zero-order valence-corrected chi connectivity index (χ0v) is 14.1. The summed E-state index contributed by atoms with van der Waals surface area (Å²) in [7, 11) is 0. The summed E-state index contributed by atoms with van der Waals surface area (Å²) in [4.78, 5) is 19.1. The predicted octanol–water partition coefficient (Wildman–Crippen LogP) is 3.30. The number of carbonyl (C=O) groups excluding carboxylic acids is 1. The van der Waals surface area contributed by atoms with Crippen molar-refractivity contribution in [2.75, 3.05) is 13.1 Å². The van der Waals surface area contributed by atoms with Crippen molar-refractivity contribution < 1.29 is 4.79 Å². The van der Waals surface area contributed by atoms with Crippen molar-refractivity contribution in [1.29, 1.82) is 0 Å². The number of thiazole rings is 1. The molecule has 0 bridgehead atoms. The molecule has 3 aromatic rings. The average molecular weight is 337 g/mol. The highest BCUT2D eigenvalue weighted by Crippen LogP contribution is 2.20. The number of hydrogen-bond donors (Lipinski definition) is 1. The van der Waals surface area contributed by atoms with E-state index in [1.54, 1.807) is 11.3 Å². The maximum absolute atomic E-state index is 12.5. The maximum Gasteiger partial charge on any atom is 0.251 e. The predicted molar refractivity (Wildman–Crippen MR) is 97.2 cm³/mol. The van der Waals surface area contributed by atoms with Gasteiger partial charge in [-0.25, -0.2) is 4.98 Å². The Morgan fingerprint density at radius 1 is 1.25 bits per heavy atom. The van der Waals surface area contributed by atoms with E-state index in [0.29, 0.717) is 5.56 Å². The van der Waals surface area contributed by atoms with Crippen LogP contribution in [0.15, 0.2) is 54.0 Å². The Hall–Kier alpha value is -2.24. The number of carbonyl (C=O) groups is 1. The molecule has 24 heavy (non-hydrogen) atoms. The molecule has 1 fully saturated rings. The lowest BCUT2D eigenvalue weighted by molar-refractivity contribution is 0.0938. The molecule has 1 aromatic heterocycles. The SMILES string of the molecule is O=C(NC1CCN(Cc2ccccc2)C1)c1ccc2ncsc2c1. The van der Waals surface area contributed by atoms with E-state index >= 15 is 0 Å². The highest BCUT2D eigenvalue weighted by atomic mass is 32.1. The van der Waals surface area contributed by atoms with Gasteiger partial charge in [0, 0.05) is 31.2 Å². The van der Waals surface area contributed by atoms with Gasteiger partial charge in [-0.1, -0.05) is 30.3 Å². The van der Waals surface area contributed by atoms with Gasteiger partial charge in [0.2, 0.25) is 0 Å². The van der Waals surface area contributed by atoms with Crippen molar-refractivity contribution in [3.05, 3.63) is 65.2 Å². The van der Waals surface area contributed by atoms with Gasteiger partial charge in [-0.2, -0.15) is 0 Å². The van der Waals surface area contributed by atoms with E-state index in [1.165, 1.54) is 5.56 Å². The Kier molecular flexibility index (Phi) is 4.28. The van der Waals surface area contributed by atoms with E-state index in [1.807, 2.05) is 29.8 Å². The number of fused-ring (bicyclic) bond motifs is 1. The van der Waals surface area contributed by atoms with Gasteiger partial charge in [0.25, 0.3) is 5.91 Å². The molecular weight excluding hydrogens is 318 g/mol. The van der Waals surface area contributed by atoms with Crippen LogP contribution in [0.25, 0.3) is 10.2 Å². The van der Waals surface area contributed by atoms with Crippen molar-refractivity contribution in [3.8, 4) is 0 Å². The topological polar surface area (TPSA) is 45.2 Å². The Bertz CT molecular complexity index is 846. The minimum atomic E-state index is 0.0110. The smallest absolute Gasteiger partial charge is 0.251 e. The standard InChI is InChI=1S/C19H19N3OS/c23-19(15-6-7-17-18(10-15)24-13-20-17)21-16-8-9-22(12-16)11-14-4-2-1-3-5-14/h1-7,10,13,16H,8-9,11-12H2,(H,21,23). The second-order valence-electron chi connectivity index (χ2n) is 6.21. The molecule has 2 heterocycles. The lowest BCUT2D eigenvalue weighted by Crippen LogP contribution is -2.36. The fraction of sp³-hybridized carbons (Fsp3) is 0.263. The number of amides is 1. The normalized spacial score (nSPS) is 18.1. The summed E-state index contributed by atoms with van der Waals surface area (Å²) in [5.41, 5.74) is 4.80. The number of hydrogen-bond acceptors (Lipinski definition) is 4. The summed E-state index contributed by atoms with van der Waals surface area (Å²) in [5, 5.41) is 3.17. The van der Waals surface area contributed by atoms with Crippen LogP contribution in [-0.2, 0) is 6.54 Å². The zero-order valence-electron chi connectivity index (χ0n) is 13.3. The molecule has 4 rings (SSSR count). The van der Waals surface area contributed by atoms with E-state index in [9.17, 15) is 4.79 Å². The van der Waals surface area contributed by atoms with Gasteiger partial charge in [0.15, 0.2) is 0 Å². The molecule has 0 aliphatic carbocycles. The third kappa shape index (κ3) is 3.32. The molecule has 1 atom stereocenters. The van der Waals surface area contributed by atoms with Crippen molar-refractivity contribution in [3.63, 3.8) is 0 Å². The first-order valence-electron chi connectivity index (χ1n) is 8.18. The van der Waals surface area contributed by atoms with Crippen LogP contribution in [-0.4, -0.2) is 34.9 Å². The van der Waals surface area contributed by atoms with E-state index < -0.39 is 0 Å². The van der Waals surface area contributed by atoms with Gasteiger partial charge in [-0.05, 0) is 30.2 Å². The van der Waals surface area contributed by atoms with Gasteiger partial charge in [0.1, 0.15) is 0 Å². The lowest BCUT2D eigenvalue weighted by Gasteiger charge is -2.17. The lowest BCUT2D eigenvalue weighted by atomic mass is 10.2. The zero-order chi connectivity index (χ0) is 16.4. The number of benzene rings is 2. The molecule has 4 nitrogen and oxygen atoms in total. The maximum atomic E-state index is 12.5. The van der Waals surface area contributed by atoms with Crippen molar-refractivity contribution in [2.24, 2.45) is 0 Å². The largest absolute Gasteiger partial charge is 0.348 e. The molecule has 1 N–H and O–H groups in total. The van der Waals surface area contributed by atoms with Crippen LogP contribution in [0.1, 0.15) is 22.3 Å². The van der Waals surface area contributed by atoms with Gasteiger partial charge in [-0.15, -0.1) is 11.3 Å². The summed E-state index contributed by atoms with van der Waals surface area (Å²) in [6, 6.07) is 16.4. The van der Waals surface area contributed by atoms with Crippen LogP contribution in [0.2, 0.25) is 0 Å². The molecule has 1 unspecified atom stereocenters. The first kappa shape index (κ1) is 15.3. The molecule has 1 amide bonds. The minimum absolute atomic E-state index is 0.0110. The Morgan fingerprint density at radius 3 is 3.00 bits per heavy atom. The van der Waals surface area contributed by atoms with Gasteiger partial charge in [-0.3, -0.25) is 9.69 Å². The second-order valence-corrected chi connectivity index (χ2v) is 7.10. The highest BCUT2D eigenvalue weighted by molar-refractivity contribution is 7.16. The molecule has 0 radical (unpaired) electrons. The summed E-state index contributed by atoms with van der Waals surface area (Å²) < 4.78 is 1.06. The molecule has 0 spiro atoms. The first-order valence-corrected chi connectivity index (χ1v) is 9.06. The Labute approximate surface area is 145 Å². The van der Waals surface area contributed by atoms with Gasteiger partial charge in [0.05, 0.1) is 15.7 Å². The van der Waals surface area contributed by atoms with E-state index in [2.05, 4.69) is 39.5 Å².